The quantitative estimate of drug-likeness (QED) is 0.677. The van der Waals surface area contributed by atoms with Gasteiger partial charge in [0.15, 0.2) is 0 Å². The number of para-hydroxylation sites is 1. The van der Waals surface area contributed by atoms with Crippen LogP contribution < -0.4 is 10.5 Å². The molecule has 0 saturated carbocycles. The molecular weight excluding hydrogens is 324 g/mol. The second-order valence-electron chi connectivity index (χ2n) is 4.24. The fourth-order valence-electron chi connectivity index (χ4n) is 1.86. The summed E-state index contributed by atoms with van der Waals surface area (Å²) in [6.45, 7) is 2.07. The van der Waals surface area contributed by atoms with Crippen molar-refractivity contribution in [2.75, 3.05) is 0 Å². The molecule has 104 valence electrons. The summed E-state index contributed by atoms with van der Waals surface area (Å²) in [5.41, 5.74) is 7.04. The van der Waals surface area contributed by atoms with Crippen LogP contribution in [0.3, 0.4) is 0 Å². The minimum absolute atomic E-state index is 0.0799. The first-order valence-corrected chi connectivity index (χ1v) is 6.72. The van der Waals surface area contributed by atoms with Gasteiger partial charge in [-0.2, -0.15) is 0 Å². The van der Waals surface area contributed by atoms with Gasteiger partial charge in [-0.15, -0.1) is 0 Å². The third kappa shape index (κ3) is 2.97. The van der Waals surface area contributed by atoms with Crippen LogP contribution in [0.1, 0.15) is 11.1 Å². The van der Waals surface area contributed by atoms with Gasteiger partial charge in [-0.1, -0.05) is 34.1 Å². The van der Waals surface area contributed by atoms with E-state index in [0.29, 0.717) is 22.3 Å². The minimum atomic E-state index is -0.460. The van der Waals surface area contributed by atoms with Gasteiger partial charge in [-0.25, -0.2) is 0 Å². The lowest BCUT2D eigenvalue weighted by Gasteiger charge is -2.12. The SMILES string of the molecule is Cc1cc(Br)cc([N+](=O)[O-])c1Oc1ccccc1CN. The number of hydrogen-bond acceptors (Lipinski definition) is 4. The van der Waals surface area contributed by atoms with E-state index < -0.39 is 4.92 Å². The monoisotopic (exact) mass is 336 g/mol. The first kappa shape index (κ1) is 14.5. The summed E-state index contributed by atoms with van der Waals surface area (Å²) < 4.78 is 6.38. The van der Waals surface area contributed by atoms with E-state index in [1.54, 1.807) is 25.1 Å². The van der Waals surface area contributed by atoms with E-state index in [0.717, 1.165) is 5.56 Å². The minimum Gasteiger partial charge on any atom is -0.450 e. The zero-order valence-corrected chi connectivity index (χ0v) is 12.4. The highest BCUT2D eigenvalue weighted by atomic mass is 79.9. The average Bonchev–Trinajstić information content (AvgIpc) is 2.41. The summed E-state index contributed by atoms with van der Waals surface area (Å²) in [6, 6.07) is 10.4. The number of nitro benzene ring substituents is 1. The molecule has 2 aromatic rings. The van der Waals surface area contributed by atoms with Crippen molar-refractivity contribution in [3.8, 4) is 11.5 Å². The lowest BCUT2D eigenvalue weighted by Crippen LogP contribution is -2.01. The van der Waals surface area contributed by atoms with E-state index in [-0.39, 0.29) is 11.4 Å². The number of halogens is 1. The van der Waals surface area contributed by atoms with Crippen LogP contribution in [0.5, 0.6) is 11.5 Å². The van der Waals surface area contributed by atoms with E-state index in [2.05, 4.69) is 15.9 Å². The second-order valence-corrected chi connectivity index (χ2v) is 5.16. The molecule has 6 heteroatoms. The summed E-state index contributed by atoms with van der Waals surface area (Å²) in [4.78, 5) is 10.7. The topological polar surface area (TPSA) is 78.4 Å². The van der Waals surface area contributed by atoms with Gasteiger partial charge < -0.3 is 10.5 Å². The van der Waals surface area contributed by atoms with E-state index in [1.807, 2.05) is 12.1 Å². The Balaban J connectivity index is 2.50. The third-order valence-corrected chi connectivity index (χ3v) is 3.28. The van der Waals surface area contributed by atoms with Crippen molar-refractivity contribution in [2.45, 2.75) is 13.5 Å². The van der Waals surface area contributed by atoms with Crippen molar-refractivity contribution in [1.82, 2.24) is 0 Å². The number of aryl methyl sites for hydroxylation is 1. The van der Waals surface area contributed by atoms with E-state index in [1.165, 1.54) is 6.07 Å². The number of ether oxygens (including phenoxy) is 1. The van der Waals surface area contributed by atoms with Crippen LogP contribution in [0.4, 0.5) is 5.69 Å². The highest BCUT2D eigenvalue weighted by Crippen LogP contribution is 2.38. The summed E-state index contributed by atoms with van der Waals surface area (Å²) in [6.07, 6.45) is 0. The molecule has 0 unspecified atom stereocenters. The number of nitro groups is 1. The molecule has 5 nitrogen and oxygen atoms in total. The van der Waals surface area contributed by atoms with Crippen LogP contribution in [0.15, 0.2) is 40.9 Å². The Morgan fingerprint density at radius 1 is 1.35 bits per heavy atom. The van der Waals surface area contributed by atoms with E-state index in [4.69, 9.17) is 10.5 Å². The van der Waals surface area contributed by atoms with Gasteiger partial charge in [0.05, 0.1) is 4.92 Å². The van der Waals surface area contributed by atoms with Gasteiger partial charge in [-0.3, -0.25) is 10.1 Å². The maximum Gasteiger partial charge on any atom is 0.312 e. The zero-order valence-electron chi connectivity index (χ0n) is 10.8. The predicted octanol–water partition coefficient (Wildman–Crippen LogP) is 3.92. The first-order chi connectivity index (χ1) is 9.52. The maximum absolute atomic E-state index is 11.2. The number of nitrogens with two attached hydrogens (primary N) is 1. The maximum atomic E-state index is 11.2. The van der Waals surface area contributed by atoms with Crippen LogP contribution in [-0.2, 0) is 6.54 Å². The fraction of sp³-hybridized carbons (Fsp3) is 0.143. The van der Waals surface area contributed by atoms with Crippen LogP contribution in [0.2, 0.25) is 0 Å². The molecular formula is C14H13BrN2O3. The molecule has 0 atom stereocenters. The molecule has 2 rings (SSSR count). The van der Waals surface area contributed by atoms with Gasteiger partial charge in [0.1, 0.15) is 5.75 Å². The van der Waals surface area contributed by atoms with Crippen molar-refractivity contribution in [1.29, 1.82) is 0 Å². The van der Waals surface area contributed by atoms with Crippen molar-refractivity contribution in [2.24, 2.45) is 5.73 Å². The van der Waals surface area contributed by atoms with Gasteiger partial charge >= 0.3 is 5.69 Å². The lowest BCUT2D eigenvalue weighted by molar-refractivity contribution is -0.385. The molecule has 0 spiro atoms. The van der Waals surface area contributed by atoms with Crippen LogP contribution >= 0.6 is 15.9 Å². The Labute approximate surface area is 124 Å². The normalized spacial score (nSPS) is 10.3. The number of benzene rings is 2. The van der Waals surface area contributed by atoms with E-state index in [9.17, 15) is 10.1 Å². The first-order valence-electron chi connectivity index (χ1n) is 5.93. The molecule has 0 bridgehead atoms. The van der Waals surface area contributed by atoms with Crippen molar-refractivity contribution >= 4 is 21.6 Å². The van der Waals surface area contributed by atoms with Crippen molar-refractivity contribution in [3.63, 3.8) is 0 Å². The molecule has 0 amide bonds. The Bertz CT molecular complexity index is 659. The van der Waals surface area contributed by atoms with E-state index >= 15 is 0 Å². The molecule has 0 saturated heterocycles. The molecule has 0 aliphatic carbocycles. The number of nitrogens with zero attached hydrogens (tertiary/aromatic N) is 1. The van der Waals surface area contributed by atoms with Gasteiger partial charge in [0, 0.05) is 22.6 Å². The lowest BCUT2D eigenvalue weighted by atomic mass is 10.1. The molecule has 2 aromatic carbocycles. The van der Waals surface area contributed by atoms with Crippen molar-refractivity contribution in [3.05, 3.63) is 62.1 Å². The highest BCUT2D eigenvalue weighted by molar-refractivity contribution is 9.10. The molecule has 2 N–H and O–H groups in total. The Morgan fingerprint density at radius 3 is 2.70 bits per heavy atom. The predicted molar refractivity (Wildman–Crippen MR) is 79.9 cm³/mol. The van der Waals surface area contributed by atoms with Crippen LogP contribution in [0, 0.1) is 17.0 Å². The molecule has 0 aliphatic heterocycles. The summed E-state index contributed by atoms with van der Waals surface area (Å²) in [7, 11) is 0. The summed E-state index contributed by atoms with van der Waals surface area (Å²) >= 11 is 3.25. The Morgan fingerprint density at radius 2 is 2.05 bits per heavy atom. The number of hydrogen-bond donors (Lipinski definition) is 1. The van der Waals surface area contributed by atoms with Crippen LogP contribution in [0.25, 0.3) is 0 Å². The van der Waals surface area contributed by atoms with Crippen LogP contribution in [-0.4, -0.2) is 4.92 Å². The smallest absolute Gasteiger partial charge is 0.312 e. The number of rotatable bonds is 4. The molecule has 20 heavy (non-hydrogen) atoms. The zero-order chi connectivity index (χ0) is 14.7. The van der Waals surface area contributed by atoms with Gasteiger partial charge in [0.2, 0.25) is 5.75 Å². The molecule has 0 radical (unpaired) electrons. The molecule has 0 aliphatic rings. The molecule has 0 aromatic heterocycles. The van der Waals surface area contributed by atoms with Gasteiger partial charge in [0.25, 0.3) is 0 Å². The standard InChI is InChI=1S/C14H13BrN2O3/c1-9-6-11(15)7-12(17(18)19)14(9)20-13-5-3-2-4-10(13)8-16/h2-7H,8,16H2,1H3. The highest BCUT2D eigenvalue weighted by Gasteiger charge is 2.20. The molecule has 0 heterocycles. The Hall–Kier alpha value is -1.92. The molecule has 0 fully saturated rings. The largest absolute Gasteiger partial charge is 0.450 e. The average molecular weight is 337 g/mol. The summed E-state index contributed by atoms with van der Waals surface area (Å²) in [5, 5.41) is 11.2. The van der Waals surface area contributed by atoms with Gasteiger partial charge in [-0.05, 0) is 24.6 Å². The second kappa shape index (κ2) is 6.02. The third-order valence-electron chi connectivity index (χ3n) is 2.82. The summed E-state index contributed by atoms with van der Waals surface area (Å²) in [5.74, 6) is 0.766. The Kier molecular flexibility index (Phi) is 4.36. The van der Waals surface area contributed by atoms with Crippen molar-refractivity contribution < 1.29 is 9.66 Å². The fourth-order valence-corrected chi connectivity index (χ4v) is 2.42.